The summed E-state index contributed by atoms with van der Waals surface area (Å²) >= 11 is 0. The zero-order valence-electron chi connectivity index (χ0n) is 7.00. The monoisotopic (exact) mass is 199 g/mol. The van der Waals surface area contributed by atoms with Crippen LogP contribution in [0, 0.1) is 11.6 Å². The van der Waals surface area contributed by atoms with Crippen molar-refractivity contribution in [1.29, 1.82) is 0 Å². The molecule has 0 saturated heterocycles. The van der Waals surface area contributed by atoms with Crippen LogP contribution in [0.2, 0.25) is 0 Å². The van der Waals surface area contributed by atoms with Crippen LogP contribution in [-0.2, 0) is 4.79 Å². The summed E-state index contributed by atoms with van der Waals surface area (Å²) in [6, 6.07) is 2.95. The number of halogens is 2. The van der Waals surface area contributed by atoms with Gasteiger partial charge in [-0.3, -0.25) is 0 Å². The fourth-order valence-corrected chi connectivity index (χ4v) is 0.809. The predicted molar refractivity (Wildman–Crippen MR) is 46.8 cm³/mol. The van der Waals surface area contributed by atoms with Crippen LogP contribution in [0.5, 0.6) is 0 Å². The number of hydrogen-bond acceptors (Lipinski definition) is 2. The van der Waals surface area contributed by atoms with Crippen molar-refractivity contribution in [3.63, 3.8) is 0 Å². The summed E-state index contributed by atoms with van der Waals surface area (Å²) in [7, 11) is 0. The van der Waals surface area contributed by atoms with E-state index in [0.29, 0.717) is 6.07 Å². The molecule has 0 unspecified atom stereocenters. The lowest BCUT2D eigenvalue weighted by Crippen LogP contribution is -1.95. The van der Waals surface area contributed by atoms with E-state index in [2.05, 4.69) is 5.32 Å². The first-order valence-electron chi connectivity index (χ1n) is 3.70. The largest absolute Gasteiger partial charge is 0.478 e. The second kappa shape index (κ2) is 4.36. The average molecular weight is 199 g/mol. The Balaban J connectivity index is 2.73. The Morgan fingerprint density at radius 3 is 2.71 bits per heavy atom. The van der Waals surface area contributed by atoms with Crippen molar-refractivity contribution in [2.75, 3.05) is 5.32 Å². The summed E-state index contributed by atoms with van der Waals surface area (Å²) in [5.74, 6) is -2.62. The average Bonchev–Trinajstić information content (AvgIpc) is 2.08. The molecule has 0 saturated carbocycles. The van der Waals surface area contributed by atoms with Crippen molar-refractivity contribution in [2.45, 2.75) is 0 Å². The van der Waals surface area contributed by atoms with Crippen molar-refractivity contribution in [1.82, 2.24) is 0 Å². The van der Waals surface area contributed by atoms with Crippen LogP contribution < -0.4 is 5.32 Å². The molecule has 1 aromatic rings. The highest BCUT2D eigenvalue weighted by molar-refractivity contribution is 5.80. The van der Waals surface area contributed by atoms with Gasteiger partial charge in [-0.2, -0.15) is 0 Å². The maximum Gasteiger partial charge on any atom is 0.329 e. The Hall–Kier alpha value is -1.91. The molecule has 14 heavy (non-hydrogen) atoms. The van der Waals surface area contributed by atoms with Crippen molar-refractivity contribution < 1.29 is 18.7 Å². The van der Waals surface area contributed by atoms with Crippen molar-refractivity contribution in [3.05, 3.63) is 42.1 Å². The van der Waals surface area contributed by atoms with E-state index in [0.717, 1.165) is 18.3 Å². The lowest BCUT2D eigenvalue weighted by molar-refractivity contribution is -0.131. The van der Waals surface area contributed by atoms with E-state index < -0.39 is 17.6 Å². The Kier molecular flexibility index (Phi) is 3.17. The van der Waals surface area contributed by atoms with Gasteiger partial charge in [0.05, 0.1) is 5.69 Å². The third-order valence-corrected chi connectivity index (χ3v) is 1.40. The first kappa shape index (κ1) is 10.2. The standard InChI is InChI=1S/C9H7F2NO2/c10-6-1-2-8(7(11)5-6)12-4-3-9(13)14/h1-5,12H,(H,13,14). The maximum atomic E-state index is 12.9. The predicted octanol–water partition coefficient (Wildman–Crippen LogP) is 1.98. The summed E-state index contributed by atoms with van der Waals surface area (Å²) in [4.78, 5) is 10.0. The molecule has 0 spiro atoms. The molecule has 0 aliphatic rings. The van der Waals surface area contributed by atoms with Gasteiger partial charge in [0.2, 0.25) is 0 Å². The molecule has 0 aromatic heterocycles. The van der Waals surface area contributed by atoms with Crippen molar-refractivity contribution >= 4 is 11.7 Å². The van der Waals surface area contributed by atoms with Crippen molar-refractivity contribution in [3.8, 4) is 0 Å². The third kappa shape index (κ3) is 2.85. The molecule has 0 bridgehead atoms. The first-order chi connectivity index (χ1) is 6.59. The smallest absolute Gasteiger partial charge is 0.329 e. The van der Waals surface area contributed by atoms with Gasteiger partial charge in [0.15, 0.2) is 0 Å². The number of aliphatic carboxylic acids is 1. The highest BCUT2D eigenvalue weighted by Crippen LogP contribution is 2.14. The molecule has 0 amide bonds. The van der Waals surface area contributed by atoms with Gasteiger partial charge in [-0.1, -0.05) is 0 Å². The number of carbonyl (C=O) groups is 1. The van der Waals surface area contributed by atoms with Crippen LogP contribution in [0.1, 0.15) is 0 Å². The van der Waals surface area contributed by atoms with Crippen LogP contribution >= 0.6 is 0 Å². The van der Waals surface area contributed by atoms with E-state index in [1.54, 1.807) is 0 Å². The number of carboxylic acids is 1. The normalized spacial score (nSPS) is 10.4. The minimum Gasteiger partial charge on any atom is -0.478 e. The van der Waals surface area contributed by atoms with E-state index in [9.17, 15) is 13.6 Å². The molecule has 0 radical (unpaired) electrons. The van der Waals surface area contributed by atoms with Crippen LogP contribution in [0.15, 0.2) is 30.5 Å². The quantitative estimate of drug-likeness (QED) is 0.731. The minimum absolute atomic E-state index is 0.0175. The van der Waals surface area contributed by atoms with Gasteiger partial charge in [0.25, 0.3) is 0 Å². The minimum atomic E-state index is -1.15. The zero-order valence-corrected chi connectivity index (χ0v) is 7.00. The number of hydrogen-bond donors (Lipinski definition) is 2. The zero-order chi connectivity index (χ0) is 10.6. The molecule has 74 valence electrons. The molecule has 0 aliphatic heterocycles. The van der Waals surface area contributed by atoms with Gasteiger partial charge in [-0.15, -0.1) is 0 Å². The summed E-state index contributed by atoms with van der Waals surface area (Å²) in [5, 5.41) is 10.6. The SMILES string of the molecule is O=C(O)C=CNc1ccc(F)cc1F. The first-order valence-corrected chi connectivity index (χ1v) is 3.70. The van der Waals surface area contributed by atoms with Crippen LogP contribution in [0.3, 0.4) is 0 Å². The fourth-order valence-electron chi connectivity index (χ4n) is 0.809. The lowest BCUT2D eigenvalue weighted by Gasteiger charge is -2.01. The molecule has 0 aliphatic carbocycles. The highest BCUT2D eigenvalue weighted by Gasteiger charge is 2.00. The van der Waals surface area contributed by atoms with E-state index in [4.69, 9.17) is 5.11 Å². The van der Waals surface area contributed by atoms with Gasteiger partial charge in [0.1, 0.15) is 11.6 Å². The summed E-state index contributed by atoms with van der Waals surface area (Å²) in [6.07, 6.45) is 1.86. The molecule has 2 N–H and O–H groups in total. The van der Waals surface area contributed by atoms with E-state index in [-0.39, 0.29) is 5.69 Å². The van der Waals surface area contributed by atoms with E-state index >= 15 is 0 Å². The van der Waals surface area contributed by atoms with Gasteiger partial charge < -0.3 is 10.4 Å². The number of anilines is 1. The van der Waals surface area contributed by atoms with E-state index in [1.807, 2.05) is 0 Å². The molecule has 0 fully saturated rings. The number of nitrogens with one attached hydrogen (secondary N) is 1. The molecule has 1 rings (SSSR count). The molecular formula is C9H7F2NO2. The molecule has 0 heterocycles. The lowest BCUT2D eigenvalue weighted by atomic mass is 10.3. The number of rotatable bonds is 3. The van der Waals surface area contributed by atoms with Gasteiger partial charge >= 0.3 is 5.97 Å². The highest BCUT2D eigenvalue weighted by atomic mass is 19.1. The summed E-state index contributed by atoms with van der Waals surface area (Å²) < 4.78 is 25.3. The second-order valence-corrected chi connectivity index (χ2v) is 2.44. The molecule has 5 heteroatoms. The van der Waals surface area contributed by atoms with Crippen molar-refractivity contribution in [2.24, 2.45) is 0 Å². The third-order valence-electron chi connectivity index (χ3n) is 1.40. The molecular weight excluding hydrogens is 192 g/mol. The summed E-state index contributed by atoms with van der Waals surface area (Å²) in [6.45, 7) is 0. The van der Waals surface area contributed by atoms with Crippen LogP contribution in [0.25, 0.3) is 0 Å². The molecule has 0 atom stereocenters. The summed E-state index contributed by atoms with van der Waals surface area (Å²) in [5.41, 5.74) is 0.0175. The Morgan fingerprint density at radius 2 is 2.14 bits per heavy atom. The van der Waals surface area contributed by atoms with Crippen LogP contribution in [0.4, 0.5) is 14.5 Å². The Bertz CT molecular complexity index is 377. The van der Waals surface area contributed by atoms with Gasteiger partial charge in [-0.25, -0.2) is 13.6 Å². The van der Waals surface area contributed by atoms with Gasteiger partial charge in [-0.05, 0) is 12.1 Å². The molecule has 3 nitrogen and oxygen atoms in total. The Labute approximate surface area is 78.7 Å². The number of carboxylic acid groups (broad SMARTS) is 1. The topological polar surface area (TPSA) is 49.3 Å². The Morgan fingerprint density at radius 1 is 1.43 bits per heavy atom. The van der Waals surface area contributed by atoms with Crippen LogP contribution in [-0.4, -0.2) is 11.1 Å². The fraction of sp³-hybridized carbons (Fsp3) is 0. The molecule has 1 aromatic carbocycles. The van der Waals surface area contributed by atoms with E-state index in [1.165, 1.54) is 6.07 Å². The maximum absolute atomic E-state index is 12.9. The second-order valence-electron chi connectivity index (χ2n) is 2.44. The number of benzene rings is 1. The van der Waals surface area contributed by atoms with Gasteiger partial charge in [0, 0.05) is 18.3 Å².